The number of halogens is 2. The number of hydrogen-bond acceptors (Lipinski definition) is 3. The van der Waals surface area contributed by atoms with E-state index in [-0.39, 0.29) is 5.78 Å². The molecule has 1 N–H and O–H groups in total. The third-order valence-electron chi connectivity index (χ3n) is 3.14. The van der Waals surface area contributed by atoms with Gasteiger partial charge in [0, 0.05) is 10.7 Å². The molecule has 5 heteroatoms. The minimum Gasteiger partial charge on any atom is -0.495 e. The Morgan fingerprint density at radius 1 is 1.14 bits per heavy atom. The minimum absolute atomic E-state index is 0.131. The van der Waals surface area contributed by atoms with E-state index in [1.54, 1.807) is 18.2 Å². The van der Waals surface area contributed by atoms with Gasteiger partial charge in [-0.15, -0.1) is 0 Å². The first kappa shape index (κ1) is 15.7. The van der Waals surface area contributed by atoms with E-state index in [1.165, 1.54) is 14.0 Å². The summed E-state index contributed by atoms with van der Waals surface area (Å²) in [5.41, 5.74) is 2.89. The number of nitrogens with one attached hydrogen (secondary N) is 1. The Morgan fingerprint density at radius 2 is 1.81 bits per heavy atom. The molecule has 0 aliphatic rings. The van der Waals surface area contributed by atoms with Crippen molar-refractivity contribution in [3.05, 3.63) is 51.5 Å². The van der Waals surface area contributed by atoms with Crippen molar-refractivity contribution < 1.29 is 9.53 Å². The van der Waals surface area contributed by atoms with E-state index in [0.29, 0.717) is 27.0 Å². The molecule has 0 atom stereocenters. The van der Waals surface area contributed by atoms with Crippen molar-refractivity contribution in [3.63, 3.8) is 0 Å². The predicted octanol–water partition coefficient (Wildman–Crippen LogP) is 5.26. The molecule has 3 nitrogen and oxygen atoms in total. The maximum atomic E-state index is 11.9. The lowest BCUT2D eigenvalue weighted by atomic mass is 10.1. The van der Waals surface area contributed by atoms with Gasteiger partial charge >= 0.3 is 0 Å². The van der Waals surface area contributed by atoms with Crippen LogP contribution in [0.2, 0.25) is 10.0 Å². The summed E-state index contributed by atoms with van der Waals surface area (Å²) in [5, 5.41) is 4.19. The van der Waals surface area contributed by atoms with Gasteiger partial charge in [-0.1, -0.05) is 23.2 Å². The van der Waals surface area contributed by atoms with Gasteiger partial charge in [0.05, 0.1) is 23.4 Å². The van der Waals surface area contributed by atoms with E-state index >= 15 is 0 Å². The number of ketones is 1. The Balaban J connectivity index is 2.49. The van der Waals surface area contributed by atoms with E-state index in [0.717, 1.165) is 11.3 Å². The monoisotopic (exact) mass is 323 g/mol. The number of anilines is 2. The Morgan fingerprint density at radius 3 is 2.38 bits per heavy atom. The summed E-state index contributed by atoms with van der Waals surface area (Å²) >= 11 is 12.2. The summed E-state index contributed by atoms with van der Waals surface area (Å²) in [7, 11) is 1.52. The van der Waals surface area contributed by atoms with Gasteiger partial charge in [0.2, 0.25) is 0 Å². The highest BCUT2D eigenvalue weighted by Crippen LogP contribution is 2.35. The lowest BCUT2D eigenvalue weighted by Gasteiger charge is -2.15. The number of carbonyl (C=O) groups excluding carboxylic acids is 1. The number of benzene rings is 2. The SMILES string of the molecule is COc1ccc(Nc2ccc(Cl)cc2C)c(C(C)=O)c1Cl. The molecule has 2 aromatic carbocycles. The normalized spacial score (nSPS) is 10.3. The lowest BCUT2D eigenvalue weighted by molar-refractivity contribution is 0.101. The third kappa shape index (κ3) is 3.31. The van der Waals surface area contributed by atoms with Crippen LogP contribution in [0.3, 0.4) is 0 Å². The molecule has 0 heterocycles. The van der Waals surface area contributed by atoms with Crippen molar-refractivity contribution in [2.24, 2.45) is 0 Å². The highest BCUT2D eigenvalue weighted by Gasteiger charge is 2.16. The standard InChI is InChI=1S/C16H15Cl2NO2/c1-9-8-11(17)4-5-12(9)19-13-6-7-14(21-3)16(18)15(13)10(2)20/h4-8,19H,1-3H3. The first-order valence-corrected chi connectivity index (χ1v) is 7.10. The average Bonchev–Trinajstić information content (AvgIpc) is 2.41. The van der Waals surface area contributed by atoms with Crippen LogP contribution in [-0.2, 0) is 0 Å². The highest BCUT2D eigenvalue weighted by molar-refractivity contribution is 6.36. The van der Waals surface area contributed by atoms with E-state index in [4.69, 9.17) is 27.9 Å². The van der Waals surface area contributed by atoms with Crippen LogP contribution in [0.5, 0.6) is 5.75 Å². The van der Waals surface area contributed by atoms with Crippen molar-refractivity contribution in [2.75, 3.05) is 12.4 Å². The zero-order valence-electron chi connectivity index (χ0n) is 12.0. The largest absolute Gasteiger partial charge is 0.495 e. The molecule has 0 fully saturated rings. The predicted molar refractivity (Wildman–Crippen MR) is 87.5 cm³/mol. The van der Waals surface area contributed by atoms with Gasteiger partial charge in [-0.05, 0) is 49.7 Å². The summed E-state index contributed by atoms with van der Waals surface area (Å²) in [5.74, 6) is 0.341. The summed E-state index contributed by atoms with van der Waals surface area (Å²) < 4.78 is 5.15. The summed E-state index contributed by atoms with van der Waals surface area (Å²) in [6.45, 7) is 3.41. The zero-order valence-corrected chi connectivity index (χ0v) is 13.5. The number of aryl methyl sites for hydroxylation is 1. The van der Waals surface area contributed by atoms with E-state index in [9.17, 15) is 4.79 Å². The molecule has 2 rings (SSSR count). The summed E-state index contributed by atoms with van der Waals surface area (Å²) in [4.78, 5) is 11.9. The first-order valence-electron chi connectivity index (χ1n) is 6.34. The molecular formula is C16H15Cl2NO2. The Bertz CT molecular complexity index is 699. The van der Waals surface area contributed by atoms with Crippen molar-refractivity contribution >= 4 is 40.4 Å². The second-order valence-electron chi connectivity index (χ2n) is 4.64. The second-order valence-corrected chi connectivity index (χ2v) is 5.46. The number of rotatable bonds is 4. The Labute approximate surface area is 133 Å². The lowest BCUT2D eigenvalue weighted by Crippen LogP contribution is -2.03. The van der Waals surface area contributed by atoms with Gasteiger partial charge in [-0.3, -0.25) is 4.79 Å². The molecule has 0 aromatic heterocycles. The van der Waals surface area contributed by atoms with Crippen molar-refractivity contribution in [1.29, 1.82) is 0 Å². The number of carbonyl (C=O) groups is 1. The Kier molecular flexibility index (Phi) is 4.76. The fraction of sp³-hybridized carbons (Fsp3) is 0.188. The molecule has 0 amide bonds. The maximum absolute atomic E-state index is 11.9. The molecule has 0 aliphatic heterocycles. The fourth-order valence-electron chi connectivity index (χ4n) is 2.08. The number of ether oxygens (including phenoxy) is 1. The van der Waals surface area contributed by atoms with Crippen LogP contribution in [0.4, 0.5) is 11.4 Å². The topological polar surface area (TPSA) is 38.3 Å². The maximum Gasteiger partial charge on any atom is 0.163 e. The Hall–Kier alpha value is -1.71. The number of hydrogen-bond donors (Lipinski definition) is 1. The second kappa shape index (κ2) is 6.37. The van der Waals surface area contributed by atoms with Crippen LogP contribution in [0.1, 0.15) is 22.8 Å². The number of Topliss-reactive ketones (excluding diaryl/α,β-unsaturated/α-hetero) is 1. The highest BCUT2D eigenvalue weighted by atomic mass is 35.5. The van der Waals surface area contributed by atoms with Crippen LogP contribution in [0, 0.1) is 6.92 Å². The van der Waals surface area contributed by atoms with Crippen LogP contribution >= 0.6 is 23.2 Å². The van der Waals surface area contributed by atoms with E-state index in [2.05, 4.69) is 5.32 Å². The minimum atomic E-state index is -0.131. The molecule has 0 spiro atoms. The molecule has 0 aliphatic carbocycles. The molecule has 0 radical (unpaired) electrons. The van der Waals surface area contributed by atoms with Crippen molar-refractivity contribution in [1.82, 2.24) is 0 Å². The smallest absolute Gasteiger partial charge is 0.163 e. The first-order chi connectivity index (χ1) is 9.93. The van der Waals surface area contributed by atoms with Crippen molar-refractivity contribution in [2.45, 2.75) is 13.8 Å². The van der Waals surface area contributed by atoms with Gasteiger partial charge in [0.15, 0.2) is 5.78 Å². The molecule has 0 bridgehead atoms. The third-order valence-corrected chi connectivity index (χ3v) is 3.75. The van der Waals surface area contributed by atoms with Gasteiger partial charge in [0.1, 0.15) is 5.75 Å². The fourth-order valence-corrected chi connectivity index (χ4v) is 2.68. The zero-order chi connectivity index (χ0) is 15.6. The summed E-state index contributed by atoms with van der Waals surface area (Å²) in [6.07, 6.45) is 0. The quantitative estimate of drug-likeness (QED) is 0.780. The molecule has 0 saturated heterocycles. The van der Waals surface area contributed by atoms with Gasteiger partial charge < -0.3 is 10.1 Å². The van der Waals surface area contributed by atoms with Crippen LogP contribution in [0.15, 0.2) is 30.3 Å². The van der Waals surface area contributed by atoms with Gasteiger partial charge in [-0.25, -0.2) is 0 Å². The molecule has 0 saturated carbocycles. The molecule has 0 unspecified atom stereocenters. The van der Waals surface area contributed by atoms with Crippen LogP contribution < -0.4 is 10.1 Å². The van der Waals surface area contributed by atoms with E-state index < -0.39 is 0 Å². The van der Waals surface area contributed by atoms with Gasteiger partial charge in [-0.2, -0.15) is 0 Å². The van der Waals surface area contributed by atoms with E-state index in [1.807, 2.05) is 19.1 Å². The molecule has 110 valence electrons. The molecule has 2 aromatic rings. The van der Waals surface area contributed by atoms with Crippen molar-refractivity contribution in [3.8, 4) is 5.75 Å². The van der Waals surface area contributed by atoms with Crippen LogP contribution in [-0.4, -0.2) is 12.9 Å². The summed E-state index contributed by atoms with van der Waals surface area (Å²) in [6, 6.07) is 9.00. The number of methoxy groups -OCH3 is 1. The average molecular weight is 324 g/mol. The van der Waals surface area contributed by atoms with Gasteiger partial charge in [0.25, 0.3) is 0 Å². The van der Waals surface area contributed by atoms with Crippen LogP contribution in [0.25, 0.3) is 0 Å². The molecule has 21 heavy (non-hydrogen) atoms. The molecular weight excluding hydrogens is 309 g/mol.